The maximum atomic E-state index is 12.7. The number of nitrogens with zero attached hydrogens (tertiary/aromatic N) is 1. The van der Waals surface area contributed by atoms with Gasteiger partial charge in [0.15, 0.2) is 11.5 Å². The Bertz CT molecular complexity index is 915. The Morgan fingerprint density at radius 1 is 1.14 bits per heavy atom. The smallest absolute Gasteiger partial charge is 0.273 e. The summed E-state index contributed by atoms with van der Waals surface area (Å²) in [4.78, 5) is 12.7. The van der Waals surface area contributed by atoms with Crippen LogP contribution < -0.4 is 10.1 Å². The molecule has 1 N–H and O–H groups in total. The van der Waals surface area contributed by atoms with Crippen molar-refractivity contribution >= 4 is 5.91 Å². The molecule has 4 aliphatic carbocycles. The van der Waals surface area contributed by atoms with Crippen LogP contribution in [0.5, 0.6) is 5.75 Å². The summed E-state index contributed by atoms with van der Waals surface area (Å²) in [6.45, 7) is 1.33. The molecule has 0 unspecified atom stereocenters. The van der Waals surface area contributed by atoms with Gasteiger partial charge in [0.05, 0.1) is 23.3 Å². The average molecular weight is 394 g/mol. The van der Waals surface area contributed by atoms with E-state index in [4.69, 9.17) is 14.0 Å². The summed E-state index contributed by atoms with van der Waals surface area (Å²) in [5.41, 5.74) is 1.93. The van der Waals surface area contributed by atoms with Crippen LogP contribution in [-0.4, -0.2) is 29.8 Å². The van der Waals surface area contributed by atoms with Gasteiger partial charge in [-0.1, -0.05) is 17.3 Å². The van der Waals surface area contributed by atoms with Crippen LogP contribution >= 0.6 is 0 Å². The third-order valence-electron chi connectivity index (χ3n) is 7.28. The highest BCUT2D eigenvalue weighted by molar-refractivity contribution is 5.95. The fourth-order valence-corrected chi connectivity index (χ4v) is 6.49. The van der Waals surface area contributed by atoms with Crippen molar-refractivity contribution in [2.24, 2.45) is 17.8 Å². The van der Waals surface area contributed by atoms with Crippen molar-refractivity contribution in [2.75, 3.05) is 13.2 Å². The lowest BCUT2D eigenvalue weighted by Crippen LogP contribution is -2.52. The summed E-state index contributed by atoms with van der Waals surface area (Å²) < 4.78 is 17.6. The largest absolute Gasteiger partial charge is 0.488 e. The second kappa shape index (κ2) is 6.59. The van der Waals surface area contributed by atoms with Gasteiger partial charge in [-0.3, -0.25) is 4.79 Å². The van der Waals surface area contributed by atoms with E-state index in [2.05, 4.69) is 10.5 Å². The van der Waals surface area contributed by atoms with Gasteiger partial charge in [-0.05, 0) is 68.4 Å². The molecule has 0 atom stereocenters. The number of nitrogens with one attached hydrogen (secondary N) is 1. The lowest BCUT2D eigenvalue weighted by atomic mass is 9.54. The van der Waals surface area contributed by atoms with Gasteiger partial charge in [-0.15, -0.1) is 0 Å². The maximum Gasteiger partial charge on any atom is 0.273 e. The quantitative estimate of drug-likeness (QED) is 0.778. The van der Waals surface area contributed by atoms with Crippen LogP contribution in [-0.2, 0) is 11.3 Å². The number of carbonyl (C=O) groups is 1. The first kappa shape index (κ1) is 17.5. The number of amides is 1. The van der Waals surface area contributed by atoms with Crippen molar-refractivity contribution in [3.8, 4) is 17.1 Å². The van der Waals surface area contributed by atoms with Crippen LogP contribution in [0.1, 0.15) is 54.6 Å². The summed E-state index contributed by atoms with van der Waals surface area (Å²) >= 11 is 0. The molecule has 1 aromatic heterocycles. The fraction of sp³-hybridized carbons (Fsp3) is 0.565. The van der Waals surface area contributed by atoms with E-state index in [1.807, 2.05) is 24.3 Å². The summed E-state index contributed by atoms with van der Waals surface area (Å²) in [7, 11) is 0. The number of aromatic nitrogens is 1. The molecule has 152 valence electrons. The van der Waals surface area contributed by atoms with Crippen molar-refractivity contribution in [1.82, 2.24) is 10.5 Å². The van der Waals surface area contributed by atoms with E-state index in [1.165, 1.54) is 38.5 Å². The van der Waals surface area contributed by atoms with Crippen molar-refractivity contribution < 1.29 is 18.8 Å². The number of carbonyl (C=O) groups excluding carboxylic acids is 1. The third-order valence-corrected chi connectivity index (χ3v) is 7.28. The van der Waals surface area contributed by atoms with Crippen LogP contribution in [0.3, 0.4) is 0 Å². The Morgan fingerprint density at radius 2 is 1.86 bits per heavy atom. The lowest BCUT2D eigenvalue weighted by Gasteiger charge is -2.56. The zero-order valence-corrected chi connectivity index (χ0v) is 16.5. The molecule has 1 aliphatic heterocycles. The molecule has 2 aromatic rings. The van der Waals surface area contributed by atoms with E-state index in [9.17, 15) is 4.79 Å². The minimum Gasteiger partial charge on any atom is -0.488 e. The van der Waals surface area contributed by atoms with Crippen LogP contribution in [0.2, 0.25) is 0 Å². The molecule has 0 spiro atoms. The molecule has 4 saturated carbocycles. The van der Waals surface area contributed by atoms with Gasteiger partial charge in [0.2, 0.25) is 0 Å². The van der Waals surface area contributed by atoms with Crippen LogP contribution in [0.4, 0.5) is 0 Å². The highest BCUT2D eigenvalue weighted by Crippen LogP contribution is 2.57. The van der Waals surface area contributed by atoms with Gasteiger partial charge in [0.1, 0.15) is 12.4 Å². The number of para-hydroxylation sites is 1. The molecule has 5 aliphatic rings. The Morgan fingerprint density at radius 3 is 2.62 bits per heavy atom. The average Bonchev–Trinajstić information content (AvgIpc) is 3.15. The van der Waals surface area contributed by atoms with Gasteiger partial charge in [0, 0.05) is 6.54 Å². The van der Waals surface area contributed by atoms with Crippen LogP contribution in [0.25, 0.3) is 11.3 Å². The second-order valence-corrected chi connectivity index (χ2v) is 9.33. The summed E-state index contributed by atoms with van der Waals surface area (Å²) in [6, 6.07) is 7.64. The molecule has 0 radical (unpaired) electrons. The summed E-state index contributed by atoms with van der Waals surface area (Å²) in [6.07, 6.45) is 7.84. The number of rotatable bonds is 5. The van der Waals surface area contributed by atoms with Crippen molar-refractivity contribution in [2.45, 2.75) is 50.7 Å². The molecule has 2 heterocycles. The molecule has 7 rings (SSSR count). The standard InChI is InChI=1S/C23H26N2O4/c26-22(20-18-13-27-19-4-2-1-3-17(19)21(18)29-25-20)24-5-6-28-23-10-14-7-15(11-23)9-16(8-14)12-23/h1-4,14-16H,5-13H2,(H,24,26). The monoisotopic (exact) mass is 394 g/mol. The molecule has 6 nitrogen and oxygen atoms in total. The zero-order chi connectivity index (χ0) is 19.4. The first-order valence-corrected chi connectivity index (χ1v) is 10.8. The van der Waals surface area contributed by atoms with E-state index in [0.29, 0.717) is 36.8 Å². The molecule has 1 aromatic carbocycles. The van der Waals surface area contributed by atoms with Gasteiger partial charge in [-0.25, -0.2) is 0 Å². The van der Waals surface area contributed by atoms with E-state index in [-0.39, 0.29) is 11.5 Å². The van der Waals surface area contributed by atoms with E-state index in [1.54, 1.807) is 0 Å². The highest BCUT2D eigenvalue weighted by Gasteiger charge is 2.51. The van der Waals surface area contributed by atoms with Gasteiger partial charge in [-0.2, -0.15) is 0 Å². The van der Waals surface area contributed by atoms with E-state index < -0.39 is 0 Å². The van der Waals surface area contributed by atoms with Crippen LogP contribution in [0, 0.1) is 17.8 Å². The normalized spacial score (nSPS) is 31.1. The molecule has 6 heteroatoms. The number of hydrogen-bond donors (Lipinski definition) is 1. The van der Waals surface area contributed by atoms with Crippen molar-refractivity contribution in [3.05, 3.63) is 35.5 Å². The molecular weight excluding hydrogens is 368 g/mol. The number of fused-ring (bicyclic) bond motifs is 3. The van der Waals surface area contributed by atoms with E-state index in [0.717, 1.165) is 29.1 Å². The highest BCUT2D eigenvalue weighted by atomic mass is 16.5. The van der Waals surface area contributed by atoms with E-state index >= 15 is 0 Å². The fourth-order valence-electron chi connectivity index (χ4n) is 6.49. The number of benzene rings is 1. The predicted octanol–water partition coefficient (Wildman–Crippen LogP) is 3.95. The first-order valence-electron chi connectivity index (χ1n) is 10.8. The van der Waals surface area contributed by atoms with Gasteiger partial charge >= 0.3 is 0 Å². The molecule has 1 amide bonds. The molecule has 29 heavy (non-hydrogen) atoms. The van der Waals surface area contributed by atoms with Gasteiger partial charge < -0.3 is 19.3 Å². The third kappa shape index (κ3) is 2.96. The Labute approximate surface area is 169 Å². The summed E-state index contributed by atoms with van der Waals surface area (Å²) in [5, 5.41) is 6.97. The molecule has 4 bridgehead atoms. The predicted molar refractivity (Wildman–Crippen MR) is 105 cm³/mol. The first-order chi connectivity index (χ1) is 14.2. The van der Waals surface area contributed by atoms with Crippen molar-refractivity contribution in [1.29, 1.82) is 0 Å². The number of ether oxygens (including phenoxy) is 2. The Balaban J connectivity index is 1.08. The minimum absolute atomic E-state index is 0.0735. The minimum atomic E-state index is -0.230. The van der Waals surface area contributed by atoms with Crippen LogP contribution in [0.15, 0.2) is 28.8 Å². The van der Waals surface area contributed by atoms with Gasteiger partial charge in [0.25, 0.3) is 5.91 Å². The number of hydrogen-bond acceptors (Lipinski definition) is 5. The SMILES string of the molecule is O=C(NCCOC12CC3CC(CC(C3)C1)C2)c1noc2c1COc1ccccc1-2. The Kier molecular flexibility index (Phi) is 3.98. The summed E-state index contributed by atoms with van der Waals surface area (Å²) in [5.74, 6) is 3.74. The molecule has 0 saturated heterocycles. The second-order valence-electron chi connectivity index (χ2n) is 9.33. The lowest BCUT2D eigenvalue weighted by molar-refractivity contribution is -0.161. The molecule has 4 fully saturated rings. The topological polar surface area (TPSA) is 73.6 Å². The maximum absolute atomic E-state index is 12.7. The Hall–Kier alpha value is -2.34. The zero-order valence-electron chi connectivity index (χ0n) is 16.5. The molecular formula is C23H26N2O4. The van der Waals surface area contributed by atoms with Crippen molar-refractivity contribution in [3.63, 3.8) is 0 Å².